The average molecular weight is 214 g/mol. The molecule has 0 amide bonds. The van der Waals surface area contributed by atoms with E-state index in [-0.39, 0.29) is 0 Å². The Morgan fingerprint density at radius 3 is 2.44 bits per heavy atom. The van der Waals surface area contributed by atoms with E-state index in [1.54, 1.807) is 13.1 Å². The van der Waals surface area contributed by atoms with Gasteiger partial charge in [-0.05, 0) is 13.8 Å². The Kier molecular flexibility index (Phi) is 2.97. The highest BCUT2D eigenvalue weighted by Gasteiger charge is 2.08. The fraction of sp³-hybridized carbons (Fsp3) is 0.231. The highest BCUT2D eigenvalue weighted by Crippen LogP contribution is 2.19. The maximum absolute atomic E-state index is 9.49. The first-order valence-electron chi connectivity index (χ1n) is 5.25. The molecule has 0 aliphatic carbocycles. The molecule has 2 aromatic rings. The quantitative estimate of drug-likeness (QED) is 0.835. The number of aliphatic hydroxyl groups is 1. The first-order valence-corrected chi connectivity index (χ1v) is 5.25. The number of aliphatic hydroxyl groups excluding tert-OH is 1. The zero-order chi connectivity index (χ0) is 11.5. The van der Waals surface area contributed by atoms with E-state index in [0.29, 0.717) is 5.82 Å². The smallest absolute Gasteiger partial charge is 0.159 e. The predicted octanol–water partition coefficient (Wildman–Crippen LogP) is 2.51. The second-order valence-electron chi connectivity index (χ2n) is 3.78. The lowest BCUT2D eigenvalue weighted by Crippen LogP contribution is -2.01. The van der Waals surface area contributed by atoms with Crippen LogP contribution in [0.2, 0.25) is 0 Å². The molecule has 2 rings (SSSR count). The molecule has 1 unspecified atom stereocenters. The van der Waals surface area contributed by atoms with E-state index in [0.717, 1.165) is 16.8 Å². The summed E-state index contributed by atoms with van der Waals surface area (Å²) in [5.74, 6) is 0.697. The Hall–Kier alpha value is -1.74. The summed E-state index contributed by atoms with van der Waals surface area (Å²) in [6.07, 6.45) is 1.17. The summed E-state index contributed by atoms with van der Waals surface area (Å²) in [4.78, 5) is 8.65. The zero-order valence-electron chi connectivity index (χ0n) is 9.38. The van der Waals surface area contributed by atoms with Gasteiger partial charge in [0.25, 0.3) is 0 Å². The summed E-state index contributed by atoms with van der Waals surface area (Å²) in [5.41, 5.74) is 2.59. The van der Waals surface area contributed by atoms with Crippen LogP contribution in [-0.2, 0) is 0 Å². The van der Waals surface area contributed by atoms with Crippen LogP contribution in [0, 0.1) is 6.92 Å². The van der Waals surface area contributed by atoms with Crippen LogP contribution in [0.15, 0.2) is 36.5 Å². The van der Waals surface area contributed by atoms with Crippen LogP contribution in [0.4, 0.5) is 0 Å². The van der Waals surface area contributed by atoms with E-state index in [1.165, 1.54) is 0 Å². The van der Waals surface area contributed by atoms with Gasteiger partial charge in [-0.25, -0.2) is 9.97 Å². The molecule has 1 heterocycles. The molecule has 16 heavy (non-hydrogen) atoms. The lowest BCUT2D eigenvalue weighted by molar-refractivity contribution is 0.197. The maximum Gasteiger partial charge on any atom is 0.159 e. The molecule has 0 radical (unpaired) electrons. The third-order valence-corrected chi connectivity index (χ3v) is 2.50. The fourth-order valence-corrected chi connectivity index (χ4v) is 1.61. The number of hydrogen-bond acceptors (Lipinski definition) is 3. The number of aromatic nitrogens is 2. The minimum absolute atomic E-state index is 0.523. The van der Waals surface area contributed by atoms with E-state index in [2.05, 4.69) is 9.97 Å². The topological polar surface area (TPSA) is 46.0 Å². The normalized spacial score (nSPS) is 12.4. The summed E-state index contributed by atoms with van der Waals surface area (Å²) < 4.78 is 0. The van der Waals surface area contributed by atoms with Crippen LogP contribution < -0.4 is 0 Å². The highest BCUT2D eigenvalue weighted by molar-refractivity contribution is 5.54. The van der Waals surface area contributed by atoms with Crippen molar-refractivity contribution in [2.45, 2.75) is 20.0 Å². The molecule has 0 aliphatic heterocycles. The second-order valence-corrected chi connectivity index (χ2v) is 3.78. The predicted molar refractivity (Wildman–Crippen MR) is 62.8 cm³/mol. The van der Waals surface area contributed by atoms with Crippen molar-refractivity contribution in [3.63, 3.8) is 0 Å². The van der Waals surface area contributed by atoms with E-state index in [9.17, 15) is 5.11 Å². The van der Waals surface area contributed by atoms with Crippen molar-refractivity contribution in [1.82, 2.24) is 9.97 Å². The van der Waals surface area contributed by atoms with Gasteiger partial charge in [-0.3, -0.25) is 0 Å². The summed E-state index contributed by atoms with van der Waals surface area (Å²) in [5, 5.41) is 9.49. The molecule has 1 aromatic heterocycles. The van der Waals surface area contributed by atoms with Gasteiger partial charge < -0.3 is 5.11 Å². The monoisotopic (exact) mass is 214 g/mol. The van der Waals surface area contributed by atoms with Crippen LogP contribution >= 0.6 is 0 Å². The molecule has 1 atom stereocenters. The minimum atomic E-state index is -0.523. The van der Waals surface area contributed by atoms with Crippen LogP contribution in [0.5, 0.6) is 0 Å². The van der Waals surface area contributed by atoms with Crippen molar-refractivity contribution in [3.05, 3.63) is 47.8 Å². The van der Waals surface area contributed by atoms with Crippen LogP contribution in [-0.4, -0.2) is 15.1 Å². The highest BCUT2D eigenvalue weighted by atomic mass is 16.3. The molecular formula is C13H14N2O. The Balaban J connectivity index is 2.43. The second kappa shape index (κ2) is 4.41. The summed E-state index contributed by atoms with van der Waals surface area (Å²) in [6.45, 7) is 3.60. The van der Waals surface area contributed by atoms with Crippen molar-refractivity contribution >= 4 is 0 Å². The van der Waals surface area contributed by atoms with Crippen LogP contribution in [0.3, 0.4) is 0 Å². The molecule has 0 saturated carbocycles. The maximum atomic E-state index is 9.49. The van der Waals surface area contributed by atoms with E-state index < -0.39 is 6.10 Å². The summed E-state index contributed by atoms with van der Waals surface area (Å²) >= 11 is 0. The molecule has 82 valence electrons. The number of hydrogen-bond donors (Lipinski definition) is 1. The lowest BCUT2D eigenvalue weighted by Gasteiger charge is -2.08. The summed E-state index contributed by atoms with van der Waals surface area (Å²) in [7, 11) is 0. The third kappa shape index (κ3) is 2.09. The van der Waals surface area contributed by atoms with E-state index in [4.69, 9.17) is 0 Å². The molecular weight excluding hydrogens is 200 g/mol. The molecule has 3 heteroatoms. The number of aryl methyl sites for hydroxylation is 1. The van der Waals surface area contributed by atoms with E-state index in [1.807, 2.05) is 37.3 Å². The first-order chi connectivity index (χ1) is 7.68. The van der Waals surface area contributed by atoms with Gasteiger partial charge in [0.2, 0.25) is 0 Å². The summed E-state index contributed by atoms with van der Waals surface area (Å²) in [6, 6.07) is 9.81. The van der Waals surface area contributed by atoms with Crippen molar-refractivity contribution in [3.8, 4) is 11.4 Å². The number of rotatable bonds is 2. The van der Waals surface area contributed by atoms with Gasteiger partial charge in [0.15, 0.2) is 5.82 Å². The SMILES string of the molecule is Cc1nc(-c2ccccc2)ncc1C(C)O. The third-order valence-electron chi connectivity index (χ3n) is 2.50. The van der Waals surface area contributed by atoms with E-state index >= 15 is 0 Å². The van der Waals surface area contributed by atoms with Crippen molar-refractivity contribution in [1.29, 1.82) is 0 Å². The zero-order valence-corrected chi connectivity index (χ0v) is 9.38. The van der Waals surface area contributed by atoms with Crippen molar-refractivity contribution < 1.29 is 5.11 Å². The van der Waals surface area contributed by atoms with Gasteiger partial charge in [-0.2, -0.15) is 0 Å². The minimum Gasteiger partial charge on any atom is -0.389 e. The van der Waals surface area contributed by atoms with Crippen molar-refractivity contribution in [2.75, 3.05) is 0 Å². The molecule has 0 aliphatic rings. The van der Waals surface area contributed by atoms with Gasteiger partial charge in [0, 0.05) is 23.0 Å². The van der Waals surface area contributed by atoms with Gasteiger partial charge in [-0.1, -0.05) is 30.3 Å². The van der Waals surface area contributed by atoms with Gasteiger partial charge in [-0.15, -0.1) is 0 Å². The fourth-order valence-electron chi connectivity index (χ4n) is 1.61. The Labute approximate surface area is 94.8 Å². The largest absolute Gasteiger partial charge is 0.389 e. The average Bonchev–Trinajstić information content (AvgIpc) is 2.29. The van der Waals surface area contributed by atoms with Gasteiger partial charge >= 0.3 is 0 Å². The molecule has 1 aromatic carbocycles. The molecule has 0 saturated heterocycles. The van der Waals surface area contributed by atoms with Gasteiger partial charge in [0.1, 0.15) is 0 Å². The van der Waals surface area contributed by atoms with Crippen molar-refractivity contribution in [2.24, 2.45) is 0 Å². The molecule has 1 N–H and O–H groups in total. The van der Waals surface area contributed by atoms with Crippen LogP contribution in [0.25, 0.3) is 11.4 Å². The van der Waals surface area contributed by atoms with Gasteiger partial charge in [0.05, 0.1) is 6.10 Å². The Morgan fingerprint density at radius 2 is 1.88 bits per heavy atom. The first kappa shape index (κ1) is 10.8. The van der Waals surface area contributed by atoms with Crippen LogP contribution in [0.1, 0.15) is 24.3 Å². The molecule has 0 bridgehead atoms. The number of benzene rings is 1. The Bertz CT molecular complexity index is 481. The Morgan fingerprint density at radius 1 is 1.19 bits per heavy atom. The molecule has 0 spiro atoms. The lowest BCUT2D eigenvalue weighted by atomic mass is 10.1. The standard InChI is InChI=1S/C13H14N2O/c1-9-12(10(2)16)8-14-13(15-9)11-6-4-3-5-7-11/h3-8,10,16H,1-2H3. The number of nitrogens with zero attached hydrogens (tertiary/aromatic N) is 2. The molecule has 0 fully saturated rings. The molecule has 3 nitrogen and oxygen atoms in total.